The van der Waals surface area contributed by atoms with Gasteiger partial charge in [-0.15, -0.1) is 0 Å². The smallest absolute Gasteiger partial charge is 0.224 e. The van der Waals surface area contributed by atoms with Gasteiger partial charge in [-0.2, -0.15) is 16.7 Å². The number of rotatable bonds is 8. The number of hydrogen-bond donors (Lipinski definition) is 2. The van der Waals surface area contributed by atoms with Crippen LogP contribution >= 0.6 is 11.8 Å². The molecule has 0 radical (unpaired) electrons. The van der Waals surface area contributed by atoms with Gasteiger partial charge in [0.2, 0.25) is 5.95 Å². The zero-order chi connectivity index (χ0) is 12.5. The van der Waals surface area contributed by atoms with Gasteiger partial charge < -0.3 is 10.6 Å². The van der Waals surface area contributed by atoms with Crippen molar-refractivity contribution in [2.75, 3.05) is 29.2 Å². The molecule has 2 N–H and O–H groups in total. The van der Waals surface area contributed by atoms with E-state index in [4.69, 9.17) is 0 Å². The van der Waals surface area contributed by atoms with Crippen molar-refractivity contribution in [1.29, 1.82) is 0 Å². The van der Waals surface area contributed by atoms with E-state index < -0.39 is 0 Å². The second kappa shape index (κ2) is 8.17. The summed E-state index contributed by atoms with van der Waals surface area (Å²) in [7, 11) is 0. The lowest BCUT2D eigenvalue weighted by Crippen LogP contribution is -2.17. The number of nitrogens with one attached hydrogen (secondary N) is 2. The third kappa shape index (κ3) is 5.77. The summed E-state index contributed by atoms with van der Waals surface area (Å²) >= 11 is 1.87. The average Bonchev–Trinajstić information content (AvgIpc) is 2.34. The third-order valence-corrected chi connectivity index (χ3v) is 2.98. The minimum absolute atomic E-state index is 0.441. The van der Waals surface area contributed by atoms with E-state index in [2.05, 4.69) is 40.7 Å². The van der Waals surface area contributed by atoms with Crippen LogP contribution in [-0.2, 0) is 0 Å². The fourth-order valence-corrected chi connectivity index (χ4v) is 1.97. The fraction of sp³-hybridized carbons (Fsp3) is 0.667. The van der Waals surface area contributed by atoms with Crippen LogP contribution in [0.15, 0.2) is 12.3 Å². The molecule has 0 bridgehead atoms. The van der Waals surface area contributed by atoms with Gasteiger partial charge in [-0.3, -0.25) is 0 Å². The zero-order valence-corrected chi connectivity index (χ0v) is 11.7. The molecule has 0 fully saturated rings. The van der Waals surface area contributed by atoms with Gasteiger partial charge in [-0.1, -0.05) is 6.92 Å². The molecule has 0 aliphatic heterocycles. The standard InChI is InChI=1S/C12H22N4S/c1-4-7-13-12-14-8-5-11(16-12)15-10(2)6-9-17-3/h5,8,10H,4,6-7,9H2,1-3H3,(H2,13,14,15,16). The molecule has 1 aromatic rings. The Morgan fingerprint density at radius 2 is 2.29 bits per heavy atom. The van der Waals surface area contributed by atoms with Crippen molar-refractivity contribution in [1.82, 2.24) is 9.97 Å². The SMILES string of the molecule is CCCNc1nccc(NC(C)CCSC)n1. The van der Waals surface area contributed by atoms with E-state index in [0.29, 0.717) is 12.0 Å². The van der Waals surface area contributed by atoms with Crippen molar-refractivity contribution >= 4 is 23.5 Å². The summed E-state index contributed by atoms with van der Waals surface area (Å²) in [5.74, 6) is 2.77. The van der Waals surface area contributed by atoms with Crippen LogP contribution in [-0.4, -0.2) is 34.6 Å². The summed E-state index contributed by atoms with van der Waals surface area (Å²) in [5, 5.41) is 6.57. The van der Waals surface area contributed by atoms with E-state index in [0.717, 1.165) is 25.2 Å². The molecule has 0 saturated heterocycles. The highest BCUT2D eigenvalue weighted by atomic mass is 32.2. The maximum Gasteiger partial charge on any atom is 0.224 e. The van der Waals surface area contributed by atoms with Crippen LogP contribution in [0.3, 0.4) is 0 Å². The molecule has 96 valence electrons. The van der Waals surface area contributed by atoms with E-state index in [1.807, 2.05) is 17.8 Å². The van der Waals surface area contributed by atoms with Crippen molar-refractivity contribution in [2.45, 2.75) is 32.7 Å². The quantitative estimate of drug-likeness (QED) is 0.747. The molecule has 0 saturated carbocycles. The molecule has 17 heavy (non-hydrogen) atoms. The molecule has 5 heteroatoms. The van der Waals surface area contributed by atoms with E-state index in [9.17, 15) is 0 Å². The van der Waals surface area contributed by atoms with Crippen LogP contribution < -0.4 is 10.6 Å². The molecular weight excluding hydrogens is 232 g/mol. The Hall–Kier alpha value is -0.970. The monoisotopic (exact) mass is 254 g/mol. The molecular formula is C12H22N4S. The second-order valence-electron chi connectivity index (χ2n) is 4.02. The van der Waals surface area contributed by atoms with Gasteiger partial charge >= 0.3 is 0 Å². The summed E-state index contributed by atoms with van der Waals surface area (Å²) in [5.41, 5.74) is 0. The molecule has 0 aliphatic rings. The van der Waals surface area contributed by atoms with Crippen LogP contribution in [0.1, 0.15) is 26.7 Å². The first-order chi connectivity index (χ1) is 8.26. The summed E-state index contributed by atoms with van der Waals surface area (Å²) in [6.07, 6.45) is 6.13. The van der Waals surface area contributed by atoms with E-state index in [1.165, 1.54) is 5.75 Å². The minimum Gasteiger partial charge on any atom is -0.367 e. The second-order valence-corrected chi connectivity index (χ2v) is 5.00. The van der Waals surface area contributed by atoms with Gasteiger partial charge in [0.05, 0.1) is 0 Å². The number of anilines is 2. The lowest BCUT2D eigenvalue weighted by molar-refractivity contribution is 0.766. The molecule has 4 nitrogen and oxygen atoms in total. The van der Waals surface area contributed by atoms with Crippen molar-refractivity contribution in [2.24, 2.45) is 0 Å². The fourth-order valence-electron chi connectivity index (χ4n) is 1.38. The van der Waals surface area contributed by atoms with Gasteiger partial charge in [-0.05, 0) is 37.8 Å². The topological polar surface area (TPSA) is 49.8 Å². The van der Waals surface area contributed by atoms with Crippen LogP contribution in [0.2, 0.25) is 0 Å². The molecule has 0 aromatic carbocycles. The average molecular weight is 254 g/mol. The van der Waals surface area contributed by atoms with Crippen molar-refractivity contribution in [3.8, 4) is 0 Å². The summed E-state index contributed by atoms with van der Waals surface area (Å²) in [6.45, 7) is 5.21. The number of thioether (sulfide) groups is 1. The van der Waals surface area contributed by atoms with Crippen molar-refractivity contribution < 1.29 is 0 Å². The Balaban J connectivity index is 2.47. The van der Waals surface area contributed by atoms with Gasteiger partial charge in [0, 0.05) is 18.8 Å². The Kier molecular flexibility index (Phi) is 6.77. The van der Waals surface area contributed by atoms with Crippen LogP contribution in [0.5, 0.6) is 0 Å². The first-order valence-electron chi connectivity index (χ1n) is 6.08. The minimum atomic E-state index is 0.441. The molecule has 1 rings (SSSR count). The van der Waals surface area contributed by atoms with Crippen molar-refractivity contribution in [3.05, 3.63) is 12.3 Å². The first-order valence-corrected chi connectivity index (χ1v) is 7.48. The summed E-state index contributed by atoms with van der Waals surface area (Å²) in [4.78, 5) is 8.60. The Bertz CT molecular complexity index is 319. The van der Waals surface area contributed by atoms with Crippen LogP contribution in [0, 0.1) is 0 Å². The number of nitrogens with zero attached hydrogens (tertiary/aromatic N) is 2. The van der Waals surface area contributed by atoms with Crippen LogP contribution in [0.4, 0.5) is 11.8 Å². The molecule has 1 aromatic heterocycles. The Labute approximate surface area is 108 Å². The van der Waals surface area contributed by atoms with Gasteiger partial charge in [0.25, 0.3) is 0 Å². The van der Waals surface area contributed by atoms with E-state index >= 15 is 0 Å². The molecule has 0 spiro atoms. The van der Waals surface area contributed by atoms with Gasteiger partial charge in [0.15, 0.2) is 0 Å². The van der Waals surface area contributed by atoms with Gasteiger partial charge in [-0.25, -0.2) is 4.98 Å². The van der Waals surface area contributed by atoms with Crippen molar-refractivity contribution in [3.63, 3.8) is 0 Å². The molecule has 1 unspecified atom stereocenters. The molecule has 0 amide bonds. The normalized spacial score (nSPS) is 12.2. The Morgan fingerprint density at radius 1 is 1.47 bits per heavy atom. The predicted octanol–water partition coefficient (Wildman–Crippen LogP) is 2.85. The number of aromatic nitrogens is 2. The predicted molar refractivity (Wildman–Crippen MR) is 76.9 cm³/mol. The van der Waals surface area contributed by atoms with E-state index in [-0.39, 0.29) is 0 Å². The maximum atomic E-state index is 4.42. The first kappa shape index (κ1) is 14.1. The molecule has 0 aliphatic carbocycles. The zero-order valence-electron chi connectivity index (χ0n) is 10.9. The largest absolute Gasteiger partial charge is 0.367 e. The highest BCUT2D eigenvalue weighted by molar-refractivity contribution is 7.98. The molecule has 1 heterocycles. The Morgan fingerprint density at radius 3 is 3.00 bits per heavy atom. The van der Waals surface area contributed by atoms with E-state index in [1.54, 1.807) is 6.20 Å². The lowest BCUT2D eigenvalue weighted by atomic mass is 10.2. The summed E-state index contributed by atoms with van der Waals surface area (Å²) in [6, 6.07) is 2.35. The molecule has 1 atom stereocenters. The lowest BCUT2D eigenvalue weighted by Gasteiger charge is -2.14. The van der Waals surface area contributed by atoms with Gasteiger partial charge in [0.1, 0.15) is 5.82 Å². The highest BCUT2D eigenvalue weighted by Crippen LogP contribution is 2.09. The number of hydrogen-bond acceptors (Lipinski definition) is 5. The summed E-state index contributed by atoms with van der Waals surface area (Å²) < 4.78 is 0. The third-order valence-electron chi connectivity index (χ3n) is 2.34. The maximum absolute atomic E-state index is 4.42. The highest BCUT2D eigenvalue weighted by Gasteiger charge is 2.03. The van der Waals surface area contributed by atoms with Crippen LogP contribution in [0.25, 0.3) is 0 Å².